The van der Waals surface area contributed by atoms with E-state index in [1.165, 1.54) is 12.1 Å². The van der Waals surface area contributed by atoms with Crippen LogP contribution in [0.5, 0.6) is 11.5 Å². The minimum absolute atomic E-state index is 0.0240. The highest BCUT2D eigenvalue weighted by Gasteiger charge is 2.16. The Bertz CT molecular complexity index is 732. The van der Waals surface area contributed by atoms with E-state index in [4.69, 9.17) is 0 Å². The van der Waals surface area contributed by atoms with Gasteiger partial charge in [0.1, 0.15) is 11.5 Å². The number of phenolic OH excluding ortho intramolecular Hbond substituents is 2. The zero-order chi connectivity index (χ0) is 15.6. The highest BCUT2D eigenvalue weighted by Crippen LogP contribution is 2.29. The Labute approximate surface area is 127 Å². The molecule has 0 aliphatic heterocycles. The monoisotopic (exact) mass is 352 g/mol. The molecule has 0 aliphatic rings. The fourth-order valence-corrected chi connectivity index (χ4v) is 1.97. The molecule has 2 rings (SSSR count). The van der Waals surface area contributed by atoms with E-state index in [2.05, 4.69) is 21.2 Å². The molecule has 0 aliphatic carbocycles. The van der Waals surface area contributed by atoms with Gasteiger partial charge in [-0.25, -0.2) is 0 Å². The summed E-state index contributed by atoms with van der Waals surface area (Å²) in [5.41, 5.74) is -0.413. The van der Waals surface area contributed by atoms with E-state index in [-0.39, 0.29) is 28.4 Å². The molecule has 0 radical (unpaired) electrons. The van der Waals surface area contributed by atoms with Crippen LogP contribution in [0.15, 0.2) is 40.9 Å². The number of hydrogen-bond acceptors (Lipinski definition) is 5. The largest absolute Gasteiger partial charge is 0.507 e. The van der Waals surface area contributed by atoms with Crippen molar-refractivity contribution < 1.29 is 19.9 Å². The number of amides is 1. The van der Waals surface area contributed by atoms with Gasteiger partial charge in [0.25, 0.3) is 11.6 Å². The molecule has 1 amide bonds. The van der Waals surface area contributed by atoms with E-state index in [1.54, 1.807) is 6.07 Å². The molecular weight excluding hydrogens is 344 g/mol. The Morgan fingerprint density at radius 2 is 1.86 bits per heavy atom. The average molecular weight is 353 g/mol. The molecule has 0 saturated heterocycles. The molecule has 0 fully saturated rings. The van der Waals surface area contributed by atoms with Crippen LogP contribution in [0.2, 0.25) is 0 Å². The molecule has 2 aromatic rings. The molecule has 108 valence electrons. The van der Waals surface area contributed by atoms with Crippen LogP contribution in [-0.2, 0) is 0 Å². The highest BCUT2D eigenvalue weighted by atomic mass is 79.9. The molecule has 0 atom stereocenters. The van der Waals surface area contributed by atoms with Gasteiger partial charge in [-0.3, -0.25) is 14.9 Å². The second-order valence-electron chi connectivity index (χ2n) is 4.07. The Kier molecular flexibility index (Phi) is 4.08. The topological polar surface area (TPSA) is 113 Å². The van der Waals surface area contributed by atoms with Crippen LogP contribution in [0.1, 0.15) is 10.4 Å². The molecule has 0 heterocycles. The van der Waals surface area contributed by atoms with Gasteiger partial charge in [-0.2, -0.15) is 0 Å². The predicted octanol–water partition coefficient (Wildman–Crippen LogP) is 3.02. The van der Waals surface area contributed by atoms with Crippen LogP contribution in [-0.4, -0.2) is 21.0 Å². The maximum Gasteiger partial charge on any atom is 0.271 e. The van der Waals surface area contributed by atoms with E-state index >= 15 is 0 Å². The normalized spacial score (nSPS) is 10.1. The van der Waals surface area contributed by atoms with Crippen LogP contribution in [0.4, 0.5) is 11.4 Å². The van der Waals surface area contributed by atoms with Crippen LogP contribution in [0.25, 0.3) is 0 Å². The molecule has 0 unspecified atom stereocenters. The minimum Gasteiger partial charge on any atom is -0.507 e. The van der Waals surface area contributed by atoms with Gasteiger partial charge >= 0.3 is 0 Å². The van der Waals surface area contributed by atoms with Crippen molar-refractivity contribution >= 4 is 33.2 Å². The summed E-state index contributed by atoms with van der Waals surface area (Å²) in [5, 5.41) is 32.3. The number of anilines is 1. The van der Waals surface area contributed by atoms with Gasteiger partial charge < -0.3 is 15.5 Å². The minimum atomic E-state index is -0.698. The number of non-ortho nitro benzene ring substituents is 1. The molecule has 2 aromatic carbocycles. The van der Waals surface area contributed by atoms with Gasteiger partial charge in [-0.05, 0) is 24.3 Å². The summed E-state index contributed by atoms with van der Waals surface area (Å²) in [6.07, 6.45) is 0. The van der Waals surface area contributed by atoms with E-state index in [9.17, 15) is 25.1 Å². The maximum atomic E-state index is 12.0. The van der Waals surface area contributed by atoms with Crippen molar-refractivity contribution in [3.63, 3.8) is 0 Å². The van der Waals surface area contributed by atoms with Gasteiger partial charge in [0.15, 0.2) is 0 Å². The number of nitrogens with zero attached hydrogens (tertiary/aromatic N) is 1. The molecule has 8 heteroatoms. The first-order valence-corrected chi connectivity index (χ1v) is 6.45. The van der Waals surface area contributed by atoms with Crippen molar-refractivity contribution in [2.45, 2.75) is 0 Å². The summed E-state index contributed by atoms with van der Waals surface area (Å²) in [7, 11) is 0. The van der Waals surface area contributed by atoms with Crippen molar-refractivity contribution in [3.05, 3.63) is 56.5 Å². The lowest BCUT2D eigenvalue weighted by atomic mass is 10.1. The van der Waals surface area contributed by atoms with Gasteiger partial charge in [0.05, 0.1) is 16.2 Å². The third-order valence-corrected chi connectivity index (χ3v) is 3.14. The number of hydrogen-bond donors (Lipinski definition) is 3. The summed E-state index contributed by atoms with van der Waals surface area (Å²) in [6.45, 7) is 0. The zero-order valence-corrected chi connectivity index (χ0v) is 12.0. The van der Waals surface area contributed by atoms with E-state index < -0.39 is 10.8 Å². The van der Waals surface area contributed by atoms with Crippen molar-refractivity contribution in [3.8, 4) is 11.5 Å². The van der Waals surface area contributed by atoms with Crippen molar-refractivity contribution in [2.24, 2.45) is 0 Å². The lowest BCUT2D eigenvalue weighted by Crippen LogP contribution is -2.12. The molecule has 7 nitrogen and oxygen atoms in total. The van der Waals surface area contributed by atoms with Crippen molar-refractivity contribution in [1.29, 1.82) is 0 Å². The number of rotatable bonds is 3. The molecule has 3 N–H and O–H groups in total. The first kappa shape index (κ1) is 14.8. The summed E-state index contributed by atoms with van der Waals surface area (Å²) < 4.78 is 0.592. The van der Waals surface area contributed by atoms with Gasteiger partial charge in [-0.1, -0.05) is 15.9 Å². The van der Waals surface area contributed by atoms with Gasteiger partial charge in [-0.15, -0.1) is 0 Å². The summed E-state index contributed by atoms with van der Waals surface area (Å²) in [5.74, 6) is -1.27. The first-order valence-electron chi connectivity index (χ1n) is 5.66. The van der Waals surface area contributed by atoms with Crippen LogP contribution in [0, 0.1) is 10.1 Å². The fraction of sp³-hybridized carbons (Fsp3) is 0. The van der Waals surface area contributed by atoms with Crippen LogP contribution >= 0.6 is 15.9 Å². The zero-order valence-electron chi connectivity index (χ0n) is 10.4. The third kappa shape index (κ3) is 3.29. The summed E-state index contributed by atoms with van der Waals surface area (Å²) in [6, 6.07) is 7.52. The Morgan fingerprint density at radius 1 is 1.14 bits per heavy atom. The van der Waals surface area contributed by atoms with Crippen molar-refractivity contribution in [2.75, 3.05) is 5.32 Å². The number of nitrogens with one attached hydrogen (secondary N) is 1. The highest BCUT2D eigenvalue weighted by molar-refractivity contribution is 9.10. The SMILES string of the molecule is O=C(Nc1cc([N+](=O)[O-])ccc1O)c1ccc(Br)cc1O. The van der Waals surface area contributed by atoms with E-state index in [1.807, 2.05) is 0 Å². The number of benzene rings is 2. The lowest BCUT2D eigenvalue weighted by Gasteiger charge is -2.08. The summed E-state index contributed by atoms with van der Waals surface area (Å²) >= 11 is 3.14. The van der Waals surface area contributed by atoms with E-state index in [0.29, 0.717) is 4.47 Å². The lowest BCUT2D eigenvalue weighted by molar-refractivity contribution is -0.384. The molecule has 21 heavy (non-hydrogen) atoms. The van der Waals surface area contributed by atoms with Gasteiger partial charge in [0.2, 0.25) is 0 Å². The Hall–Kier alpha value is -2.61. The molecule has 0 saturated carbocycles. The fourth-order valence-electron chi connectivity index (χ4n) is 1.62. The second-order valence-corrected chi connectivity index (χ2v) is 4.99. The smallest absolute Gasteiger partial charge is 0.271 e. The summed E-state index contributed by atoms with van der Waals surface area (Å²) in [4.78, 5) is 22.0. The second kappa shape index (κ2) is 5.80. The quantitative estimate of drug-likeness (QED) is 0.446. The number of nitro groups is 1. The third-order valence-electron chi connectivity index (χ3n) is 2.64. The molecule has 0 aromatic heterocycles. The molecular formula is C13H9BrN2O5. The number of carbonyl (C=O) groups is 1. The number of carbonyl (C=O) groups excluding carboxylic acids is 1. The number of phenols is 2. The van der Waals surface area contributed by atoms with Gasteiger partial charge in [0, 0.05) is 16.6 Å². The Morgan fingerprint density at radius 3 is 2.48 bits per heavy atom. The molecule has 0 bridgehead atoms. The van der Waals surface area contributed by atoms with E-state index in [0.717, 1.165) is 18.2 Å². The average Bonchev–Trinajstić information content (AvgIpc) is 2.40. The Balaban J connectivity index is 2.31. The number of aromatic hydroxyl groups is 2. The standard InChI is InChI=1S/C13H9BrN2O5/c14-7-1-3-9(12(18)5-7)13(19)15-10-6-8(16(20)21)2-4-11(10)17/h1-6,17-18H,(H,15,19). The predicted molar refractivity (Wildman–Crippen MR) is 78.5 cm³/mol. The number of halogens is 1. The first-order chi connectivity index (χ1) is 9.88. The molecule has 0 spiro atoms. The van der Waals surface area contributed by atoms with Crippen LogP contribution < -0.4 is 5.32 Å². The van der Waals surface area contributed by atoms with Crippen molar-refractivity contribution in [1.82, 2.24) is 0 Å². The number of nitro benzene ring substituents is 1. The van der Waals surface area contributed by atoms with Crippen LogP contribution in [0.3, 0.4) is 0 Å². The maximum absolute atomic E-state index is 12.0.